The Bertz CT molecular complexity index is 926. The number of amides is 1. The van der Waals surface area contributed by atoms with Crippen molar-refractivity contribution in [2.24, 2.45) is 5.11 Å². The first-order valence-corrected chi connectivity index (χ1v) is 7.28. The number of thiophene rings is 1. The fourth-order valence-corrected chi connectivity index (χ4v) is 3.36. The Labute approximate surface area is 129 Å². The molecule has 3 rings (SSSR count). The molecule has 0 aliphatic rings. The van der Waals surface area contributed by atoms with Crippen LogP contribution in [0.1, 0.15) is 15.2 Å². The zero-order valence-corrected chi connectivity index (χ0v) is 12.5. The summed E-state index contributed by atoms with van der Waals surface area (Å²) in [5.41, 5.74) is 17.5. The Hall–Kier alpha value is -2.89. The maximum Gasteiger partial charge on any atom is 0.261 e. The fraction of sp³-hybridized carbons (Fsp3) is 0.0667. The van der Waals surface area contributed by atoms with E-state index in [1.807, 2.05) is 43.3 Å². The summed E-state index contributed by atoms with van der Waals surface area (Å²) in [6, 6.07) is 11.7. The van der Waals surface area contributed by atoms with Crippen LogP contribution in [0.4, 0.5) is 5.69 Å². The van der Waals surface area contributed by atoms with E-state index < -0.39 is 5.91 Å². The van der Waals surface area contributed by atoms with Gasteiger partial charge in [0, 0.05) is 15.9 Å². The number of fused-ring (bicyclic) bond motifs is 1. The van der Waals surface area contributed by atoms with Crippen LogP contribution in [0.25, 0.3) is 31.9 Å². The number of azide groups is 1. The first-order valence-electron chi connectivity index (χ1n) is 6.46. The number of carbonyl (C=O) groups is 1. The van der Waals surface area contributed by atoms with Gasteiger partial charge in [0.25, 0.3) is 5.91 Å². The second-order valence-electron chi connectivity index (χ2n) is 4.71. The molecule has 22 heavy (non-hydrogen) atoms. The molecule has 0 saturated heterocycles. The minimum atomic E-state index is -0.677. The van der Waals surface area contributed by atoms with Crippen LogP contribution in [0.15, 0.2) is 41.5 Å². The second-order valence-corrected chi connectivity index (χ2v) is 5.71. The van der Waals surface area contributed by atoms with E-state index in [-0.39, 0.29) is 4.88 Å². The number of anilines is 1. The monoisotopic (exact) mass is 309 g/mol. The molecule has 0 aliphatic heterocycles. The Morgan fingerprint density at radius 2 is 2.09 bits per heavy atom. The van der Waals surface area contributed by atoms with Gasteiger partial charge in [-0.2, -0.15) is 0 Å². The molecular formula is C15H11N5OS. The van der Waals surface area contributed by atoms with Gasteiger partial charge in [-0.25, -0.2) is 4.98 Å². The molecule has 0 atom stereocenters. The molecule has 0 radical (unpaired) electrons. The van der Waals surface area contributed by atoms with Gasteiger partial charge in [-0.15, -0.1) is 11.3 Å². The van der Waals surface area contributed by atoms with Crippen molar-refractivity contribution >= 4 is 33.1 Å². The van der Waals surface area contributed by atoms with Crippen molar-refractivity contribution in [2.75, 3.05) is 5.73 Å². The number of carbonyl (C=O) groups excluding carboxylic acids is 1. The zero-order valence-electron chi connectivity index (χ0n) is 11.6. The highest BCUT2D eigenvalue weighted by Crippen LogP contribution is 2.37. The van der Waals surface area contributed by atoms with E-state index in [0.29, 0.717) is 10.5 Å². The summed E-state index contributed by atoms with van der Waals surface area (Å²) in [5, 5.41) is 3.84. The first kappa shape index (κ1) is 14.1. The van der Waals surface area contributed by atoms with Crippen molar-refractivity contribution in [1.29, 1.82) is 0 Å². The van der Waals surface area contributed by atoms with E-state index in [1.54, 1.807) is 0 Å². The number of pyridine rings is 1. The third-order valence-electron chi connectivity index (χ3n) is 3.30. The maximum absolute atomic E-state index is 11.8. The van der Waals surface area contributed by atoms with E-state index in [2.05, 4.69) is 15.0 Å². The summed E-state index contributed by atoms with van der Waals surface area (Å²) >= 11 is 1.14. The van der Waals surface area contributed by atoms with E-state index >= 15 is 0 Å². The minimum Gasteiger partial charge on any atom is -0.397 e. The van der Waals surface area contributed by atoms with Crippen LogP contribution in [0.3, 0.4) is 0 Å². The lowest BCUT2D eigenvalue weighted by molar-refractivity contribution is 0.100. The predicted octanol–water partition coefficient (Wildman–Crippen LogP) is 4.30. The Morgan fingerprint density at radius 1 is 1.36 bits per heavy atom. The quantitative estimate of drug-likeness (QED) is 0.433. The molecule has 108 valence electrons. The molecule has 2 aromatic heterocycles. The fourth-order valence-electron chi connectivity index (χ4n) is 2.31. The van der Waals surface area contributed by atoms with Gasteiger partial charge < -0.3 is 5.73 Å². The minimum absolute atomic E-state index is 0.230. The van der Waals surface area contributed by atoms with E-state index in [1.165, 1.54) is 0 Å². The van der Waals surface area contributed by atoms with Crippen molar-refractivity contribution < 1.29 is 4.79 Å². The first-order chi connectivity index (χ1) is 10.6. The van der Waals surface area contributed by atoms with Crippen molar-refractivity contribution in [3.05, 3.63) is 57.3 Å². The third-order valence-corrected chi connectivity index (χ3v) is 4.38. The van der Waals surface area contributed by atoms with Gasteiger partial charge in [0.15, 0.2) is 0 Å². The van der Waals surface area contributed by atoms with Gasteiger partial charge in [0.1, 0.15) is 9.71 Å². The van der Waals surface area contributed by atoms with Gasteiger partial charge in [0.05, 0.1) is 11.4 Å². The summed E-state index contributed by atoms with van der Waals surface area (Å²) < 4.78 is 0. The number of nitrogen functional groups attached to an aromatic ring is 1. The molecule has 0 bridgehead atoms. The van der Waals surface area contributed by atoms with Crippen molar-refractivity contribution in [1.82, 2.24) is 4.98 Å². The molecule has 0 aliphatic carbocycles. The lowest BCUT2D eigenvalue weighted by Crippen LogP contribution is -1.96. The molecule has 2 N–H and O–H groups in total. The number of nitrogens with two attached hydrogens (primary N) is 1. The summed E-state index contributed by atoms with van der Waals surface area (Å²) in [5.74, 6) is -0.677. The average molecular weight is 309 g/mol. The molecule has 0 fully saturated rings. The van der Waals surface area contributed by atoms with Gasteiger partial charge >= 0.3 is 0 Å². The Kier molecular flexibility index (Phi) is 3.50. The van der Waals surface area contributed by atoms with Gasteiger partial charge in [-0.05, 0) is 29.2 Å². The highest BCUT2D eigenvalue weighted by atomic mass is 32.1. The highest BCUT2D eigenvalue weighted by Gasteiger charge is 2.18. The predicted molar refractivity (Wildman–Crippen MR) is 87.7 cm³/mol. The van der Waals surface area contributed by atoms with Crippen LogP contribution in [-0.2, 0) is 0 Å². The van der Waals surface area contributed by atoms with Crippen molar-refractivity contribution in [3.63, 3.8) is 0 Å². The lowest BCUT2D eigenvalue weighted by Gasteiger charge is -2.04. The van der Waals surface area contributed by atoms with Gasteiger partial charge in [-0.3, -0.25) is 4.79 Å². The average Bonchev–Trinajstić information content (AvgIpc) is 2.86. The summed E-state index contributed by atoms with van der Waals surface area (Å²) in [6.45, 7) is 1.92. The van der Waals surface area contributed by atoms with Crippen molar-refractivity contribution in [3.8, 4) is 11.3 Å². The molecule has 0 unspecified atom stereocenters. The van der Waals surface area contributed by atoms with Gasteiger partial charge in [-0.1, -0.05) is 30.3 Å². The molecule has 3 aromatic rings. The van der Waals surface area contributed by atoms with E-state index in [4.69, 9.17) is 11.3 Å². The van der Waals surface area contributed by atoms with Crippen LogP contribution < -0.4 is 5.73 Å². The molecule has 6 nitrogen and oxygen atoms in total. The number of rotatable bonds is 2. The van der Waals surface area contributed by atoms with Crippen LogP contribution in [-0.4, -0.2) is 10.9 Å². The largest absolute Gasteiger partial charge is 0.397 e. The molecule has 0 spiro atoms. The zero-order chi connectivity index (χ0) is 15.7. The van der Waals surface area contributed by atoms with Crippen LogP contribution >= 0.6 is 11.3 Å². The molecule has 1 amide bonds. The van der Waals surface area contributed by atoms with E-state index in [0.717, 1.165) is 33.5 Å². The van der Waals surface area contributed by atoms with Crippen LogP contribution in [0.5, 0.6) is 0 Å². The lowest BCUT2D eigenvalue weighted by atomic mass is 10.1. The number of aromatic nitrogens is 1. The highest BCUT2D eigenvalue weighted by molar-refractivity contribution is 7.21. The number of benzene rings is 1. The normalized spacial score (nSPS) is 10.4. The molecule has 1 aromatic carbocycles. The number of nitrogens with zero attached hydrogens (tertiary/aromatic N) is 4. The van der Waals surface area contributed by atoms with Crippen LogP contribution in [0.2, 0.25) is 0 Å². The van der Waals surface area contributed by atoms with E-state index in [9.17, 15) is 4.79 Å². The third kappa shape index (κ3) is 2.28. The Morgan fingerprint density at radius 3 is 2.77 bits per heavy atom. The summed E-state index contributed by atoms with van der Waals surface area (Å²) in [7, 11) is 0. The number of aryl methyl sites for hydroxylation is 1. The van der Waals surface area contributed by atoms with Crippen LogP contribution in [0, 0.1) is 6.92 Å². The maximum atomic E-state index is 11.8. The topological polar surface area (TPSA) is 105 Å². The molecular weight excluding hydrogens is 298 g/mol. The molecule has 2 heterocycles. The number of hydrogen-bond acceptors (Lipinski definition) is 4. The SMILES string of the molecule is Cc1cc(-c2ccccc2)nc2sc(C(=O)N=[N+]=[N-])c(N)c12. The standard InChI is InChI=1S/C15H11N5OS/c1-8-7-10(9-5-3-2-4-6-9)18-15-11(8)12(16)13(22-15)14(21)19-20-17/h2-7H,16H2,1H3. The summed E-state index contributed by atoms with van der Waals surface area (Å²) in [6.07, 6.45) is 0. The molecule has 0 saturated carbocycles. The smallest absolute Gasteiger partial charge is 0.261 e. The Balaban J connectivity index is 2.23. The van der Waals surface area contributed by atoms with Gasteiger partial charge in [0.2, 0.25) is 0 Å². The van der Waals surface area contributed by atoms with Crippen molar-refractivity contribution in [2.45, 2.75) is 6.92 Å². The number of hydrogen-bond donors (Lipinski definition) is 1. The molecule has 7 heteroatoms. The summed E-state index contributed by atoms with van der Waals surface area (Å²) in [4.78, 5) is 19.8. The second kappa shape index (κ2) is 5.48.